The molecule has 0 N–H and O–H groups in total. The maximum Gasteiger partial charge on any atom is 0.368 e. The summed E-state index contributed by atoms with van der Waals surface area (Å²) in [5.41, 5.74) is 0. The second-order valence-electron chi connectivity index (χ2n) is 2.29. The molecule has 0 aliphatic carbocycles. The van der Waals surface area contributed by atoms with Gasteiger partial charge in [0.15, 0.2) is 10.1 Å². The fraction of sp³-hybridized carbons (Fsp3) is 0.800. The van der Waals surface area contributed by atoms with E-state index in [9.17, 15) is 30.9 Å². The molecule has 0 rings (SSSR count). The van der Waals surface area contributed by atoms with Crippen molar-refractivity contribution in [3.05, 3.63) is 0 Å². The van der Waals surface area contributed by atoms with E-state index in [0.717, 1.165) is 6.92 Å². The lowest BCUT2D eigenvalue weighted by Gasteiger charge is -2.22. The summed E-state index contributed by atoms with van der Waals surface area (Å²) in [6.45, 7) is -0.666. The molecule has 0 aromatic heterocycles. The molecule has 1 atom stereocenters. The van der Waals surface area contributed by atoms with E-state index < -0.39 is 34.1 Å². The Morgan fingerprint density at radius 3 is 2.29 bits per heavy atom. The van der Waals surface area contributed by atoms with Crippen LogP contribution < -0.4 is 0 Å². The third-order valence-electron chi connectivity index (χ3n) is 1.13. The van der Waals surface area contributed by atoms with Crippen LogP contribution in [0.1, 0.15) is 6.92 Å². The molecule has 1 unspecified atom stereocenters. The van der Waals surface area contributed by atoms with Crippen molar-refractivity contribution >= 4 is 16.1 Å². The summed E-state index contributed by atoms with van der Waals surface area (Å²) < 4.78 is 70.4. The fourth-order valence-corrected chi connectivity index (χ4v) is 0.825. The minimum atomic E-state index is -6.10. The Hall–Kier alpha value is -0.830. The Labute approximate surface area is 77.6 Å². The zero-order valence-corrected chi connectivity index (χ0v) is 7.68. The summed E-state index contributed by atoms with van der Waals surface area (Å²) >= 11 is 0. The summed E-state index contributed by atoms with van der Waals surface area (Å²) in [6.07, 6.45) is -3.37. The van der Waals surface area contributed by atoms with Crippen LogP contribution in [0.5, 0.6) is 0 Å². The number of hydrogen-bond acceptors (Lipinski definition) is 5. The molecule has 0 spiro atoms. The predicted octanol–water partition coefficient (Wildman–Crippen LogP) is 0.0256. The molecule has 0 amide bonds. The Morgan fingerprint density at radius 1 is 1.57 bits per heavy atom. The van der Waals surface area contributed by atoms with Gasteiger partial charge in [0.1, 0.15) is 6.61 Å². The van der Waals surface area contributed by atoms with Crippen LogP contribution in [-0.4, -0.2) is 37.0 Å². The van der Waals surface area contributed by atoms with E-state index in [2.05, 4.69) is 4.74 Å². The molecule has 0 heterocycles. The van der Waals surface area contributed by atoms with E-state index in [0.29, 0.717) is 0 Å². The second kappa shape index (κ2) is 4.13. The van der Waals surface area contributed by atoms with Gasteiger partial charge in [-0.2, -0.15) is 8.78 Å². The number of ether oxygens (including phenoxy) is 1. The van der Waals surface area contributed by atoms with Crippen LogP contribution in [0.2, 0.25) is 0 Å². The molecule has 84 valence electrons. The lowest BCUT2D eigenvalue weighted by molar-refractivity contribution is -0.145. The monoisotopic (exact) mass is 235 g/mol. The van der Waals surface area contributed by atoms with Crippen LogP contribution in [0.3, 0.4) is 0 Å². The van der Waals surface area contributed by atoms with Crippen LogP contribution in [0.4, 0.5) is 13.2 Å². The Kier molecular flexibility index (Phi) is 3.89. The highest BCUT2D eigenvalue weighted by atomic mass is 32.2. The summed E-state index contributed by atoms with van der Waals surface area (Å²) in [7, 11) is -6.10. The molecule has 14 heavy (non-hydrogen) atoms. The van der Waals surface area contributed by atoms with Crippen molar-refractivity contribution in [3.63, 3.8) is 0 Å². The van der Waals surface area contributed by atoms with Gasteiger partial charge in [-0.3, -0.25) is 4.79 Å². The van der Waals surface area contributed by atoms with Gasteiger partial charge >= 0.3 is 11.2 Å². The van der Waals surface area contributed by atoms with E-state index in [4.69, 9.17) is 0 Å². The SMILES string of the molecule is CC(=O)OCC(F)C(F)(F)S(=O)(=O)[O-]. The van der Waals surface area contributed by atoms with Crippen LogP contribution in [0.15, 0.2) is 0 Å². The van der Waals surface area contributed by atoms with Gasteiger partial charge in [-0.05, 0) is 0 Å². The minimum absolute atomic E-state index is 0.816. The predicted molar refractivity (Wildman–Crippen MR) is 36.2 cm³/mol. The molecule has 0 aromatic rings. The minimum Gasteiger partial charge on any atom is -0.743 e. The highest BCUT2D eigenvalue weighted by molar-refractivity contribution is 7.86. The maximum atomic E-state index is 12.4. The Morgan fingerprint density at radius 2 is 2.00 bits per heavy atom. The van der Waals surface area contributed by atoms with Gasteiger partial charge in [0.05, 0.1) is 0 Å². The lowest BCUT2D eigenvalue weighted by Crippen LogP contribution is -2.41. The fourth-order valence-electron chi connectivity index (χ4n) is 0.444. The van der Waals surface area contributed by atoms with Crippen LogP contribution in [0, 0.1) is 0 Å². The van der Waals surface area contributed by atoms with Gasteiger partial charge in [-0.25, -0.2) is 12.8 Å². The lowest BCUT2D eigenvalue weighted by atomic mass is 10.4. The number of rotatable bonds is 4. The first kappa shape index (κ1) is 13.2. The van der Waals surface area contributed by atoms with E-state index in [1.165, 1.54) is 0 Å². The van der Waals surface area contributed by atoms with Gasteiger partial charge in [0, 0.05) is 6.92 Å². The van der Waals surface area contributed by atoms with E-state index >= 15 is 0 Å². The highest BCUT2D eigenvalue weighted by Crippen LogP contribution is 2.27. The molecule has 0 fully saturated rings. The van der Waals surface area contributed by atoms with Crippen molar-refractivity contribution in [2.24, 2.45) is 0 Å². The van der Waals surface area contributed by atoms with Crippen molar-refractivity contribution in [1.82, 2.24) is 0 Å². The summed E-state index contributed by atoms with van der Waals surface area (Å²) in [4.78, 5) is 10.1. The first-order valence-corrected chi connectivity index (χ1v) is 4.60. The van der Waals surface area contributed by atoms with Gasteiger partial charge < -0.3 is 9.29 Å². The Balaban J connectivity index is 4.52. The van der Waals surface area contributed by atoms with E-state index in [1.54, 1.807) is 0 Å². The van der Waals surface area contributed by atoms with Crippen LogP contribution in [0.25, 0.3) is 0 Å². The van der Waals surface area contributed by atoms with Crippen molar-refractivity contribution in [2.75, 3.05) is 6.61 Å². The van der Waals surface area contributed by atoms with Crippen molar-refractivity contribution in [3.8, 4) is 0 Å². The molecule has 0 saturated heterocycles. The van der Waals surface area contributed by atoms with Crippen LogP contribution >= 0.6 is 0 Å². The summed E-state index contributed by atoms with van der Waals surface area (Å²) in [5.74, 6) is -1.06. The number of alkyl halides is 3. The van der Waals surface area contributed by atoms with Crippen molar-refractivity contribution in [2.45, 2.75) is 18.3 Å². The number of hydrogen-bond donors (Lipinski definition) is 0. The third-order valence-corrected chi connectivity index (χ3v) is 2.05. The second-order valence-corrected chi connectivity index (χ2v) is 3.74. The van der Waals surface area contributed by atoms with Gasteiger partial charge in [-0.15, -0.1) is 0 Å². The van der Waals surface area contributed by atoms with Crippen molar-refractivity contribution in [1.29, 1.82) is 0 Å². The molecule has 0 saturated carbocycles. The summed E-state index contributed by atoms with van der Waals surface area (Å²) in [5, 5.41) is -5.09. The molecule has 0 aromatic carbocycles. The Bertz CT molecular complexity index is 311. The number of esters is 1. The molecule has 0 aliphatic rings. The van der Waals surface area contributed by atoms with Gasteiger partial charge in [0.25, 0.3) is 0 Å². The summed E-state index contributed by atoms with van der Waals surface area (Å²) in [6, 6.07) is 0. The van der Waals surface area contributed by atoms with Crippen LogP contribution in [-0.2, 0) is 19.6 Å². The third kappa shape index (κ3) is 3.14. The smallest absolute Gasteiger partial charge is 0.368 e. The standard InChI is InChI=1S/C5H7F3O5S/c1-3(9)13-2-4(6)5(7,8)14(10,11)12/h4H,2H2,1H3,(H,10,11,12)/p-1. The molecular weight excluding hydrogens is 229 g/mol. The first-order chi connectivity index (χ1) is 6.09. The normalized spacial score (nSPS) is 14.9. The largest absolute Gasteiger partial charge is 0.743 e. The number of carbonyl (C=O) groups excluding carboxylic acids is 1. The highest BCUT2D eigenvalue weighted by Gasteiger charge is 2.47. The van der Waals surface area contributed by atoms with Crippen molar-refractivity contribution < 1.29 is 35.7 Å². The van der Waals surface area contributed by atoms with E-state index in [1.807, 2.05) is 0 Å². The average Bonchev–Trinajstić information content (AvgIpc) is 1.97. The number of halogens is 3. The van der Waals surface area contributed by atoms with Gasteiger partial charge in [-0.1, -0.05) is 0 Å². The number of carbonyl (C=O) groups is 1. The average molecular weight is 235 g/mol. The molecule has 0 radical (unpaired) electrons. The molecular formula is C5H6F3O5S-. The zero-order chi connectivity index (χ0) is 11.6. The molecule has 5 nitrogen and oxygen atoms in total. The molecule has 0 aliphatic heterocycles. The van der Waals surface area contributed by atoms with E-state index in [-0.39, 0.29) is 0 Å². The maximum absolute atomic E-state index is 12.4. The topological polar surface area (TPSA) is 83.5 Å². The molecule has 9 heteroatoms. The zero-order valence-electron chi connectivity index (χ0n) is 6.87. The first-order valence-electron chi connectivity index (χ1n) is 3.19. The molecule has 0 bridgehead atoms. The van der Waals surface area contributed by atoms with Gasteiger partial charge in [0.2, 0.25) is 6.17 Å². The quantitative estimate of drug-likeness (QED) is 0.507.